The third-order valence-corrected chi connectivity index (χ3v) is 6.49. The van der Waals surface area contributed by atoms with Crippen molar-refractivity contribution in [3.8, 4) is 0 Å². The van der Waals surface area contributed by atoms with Gasteiger partial charge >= 0.3 is 0 Å². The number of hydrogen-bond donors (Lipinski definition) is 2. The van der Waals surface area contributed by atoms with E-state index in [1.807, 2.05) is 0 Å². The molecule has 0 aliphatic heterocycles. The molecule has 124 valence electrons. The summed E-state index contributed by atoms with van der Waals surface area (Å²) in [6.07, 6.45) is 9.01. The SMILES string of the molecule is CC(C)(C)C(C1CCCC(N)C1)C1CCC(C)(C)C(N)C1. The average Bonchev–Trinajstić information content (AvgIpc) is 2.33. The van der Waals surface area contributed by atoms with Gasteiger partial charge in [-0.25, -0.2) is 0 Å². The van der Waals surface area contributed by atoms with Gasteiger partial charge in [0.05, 0.1) is 0 Å². The second-order valence-corrected chi connectivity index (χ2v) is 9.71. The predicted octanol–water partition coefficient (Wildman–Crippen LogP) is 4.32. The predicted molar refractivity (Wildman–Crippen MR) is 92.0 cm³/mol. The highest BCUT2D eigenvalue weighted by molar-refractivity contribution is 4.96. The lowest BCUT2D eigenvalue weighted by molar-refractivity contribution is 0.0152. The van der Waals surface area contributed by atoms with Gasteiger partial charge in [0, 0.05) is 12.1 Å². The van der Waals surface area contributed by atoms with E-state index in [9.17, 15) is 0 Å². The summed E-state index contributed by atoms with van der Waals surface area (Å²) in [5.41, 5.74) is 13.5. The first kappa shape index (κ1) is 17.3. The molecular formula is C19H38N2. The maximum Gasteiger partial charge on any atom is 0.00930 e. The minimum atomic E-state index is 0.321. The molecule has 0 heterocycles. The molecule has 2 nitrogen and oxygen atoms in total. The van der Waals surface area contributed by atoms with Crippen LogP contribution >= 0.6 is 0 Å². The van der Waals surface area contributed by atoms with E-state index in [2.05, 4.69) is 34.6 Å². The van der Waals surface area contributed by atoms with E-state index in [1.54, 1.807) is 0 Å². The Morgan fingerprint density at radius 1 is 0.952 bits per heavy atom. The lowest BCUT2D eigenvalue weighted by Crippen LogP contribution is -2.48. The molecule has 2 fully saturated rings. The Morgan fingerprint density at radius 2 is 1.57 bits per heavy atom. The molecule has 2 rings (SSSR count). The largest absolute Gasteiger partial charge is 0.328 e. The molecule has 21 heavy (non-hydrogen) atoms. The Morgan fingerprint density at radius 3 is 2.10 bits per heavy atom. The van der Waals surface area contributed by atoms with E-state index in [0.29, 0.717) is 22.9 Å². The van der Waals surface area contributed by atoms with E-state index in [0.717, 1.165) is 17.8 Å². The minimum absolute atomic E-state index is 0.321. The monoisotopic (exact) mass is 294 g/mol. The summed E-state index contributed by atoms with van der Waals surface area (Å²) < 4.78 is 0. The molecule has 5 atom stereocenters. The molecule has 2 aliphatic rings. The molecule has 0 aromatic rings. The third kappa shape index (κ3) is 4.01. The van der Waals surface area contributed by atoms with Crippen LogP contribution in [-0.2, 0) is 0 Å². The van der Waals surface area contributed by atoms with Crippen LogP contribution in [0.1, 0.15) is 79.6 Å². The minimum Gasteiger partial charge on any atom is -0.328 e. The van der Waals surface area contributed by atoms with Crippen molar-refractivity contribution in [1.29, 1.82) is 0 Å². The summed E-state index contributed by atoms with van der Waals surface area (Å²) >= 11 is 0. The second-order valence-electron chi connectivity index (χ2n) is 9.71. The molecule has 0 aromatic carbocycles. The van der Waals surface area contributed by atoms with Crippen molar-refractivity contribution in [2.45, 2.75) is 91.6 Å². The van der Waals surface area contributed by atoms with Gasteiger partial charge in [0.1, 0.15) is 0 Å². The van der Waals surface area contributed by atoms with Gasteiger partial charge in [0.15, 0.2) is 0 Å². The summed E-state index contributed by atoms with van der Waals surface area (Å²) in [5.74, 6) is 2.39. The Labute approximate surface area is 132 Å². The quantitative estimate of drug-likeness (QED) is 0.797. The molecule has 4 N–H and O–H groups in total. The van der Waals surface area contributed by atoms with Crippen molar-refractivity contribution in [2.75, 3.05) is 0 Å². The van der Waals surface area contributed by atoms with Gasteiger partial charge in [-0.1, -0.05) is 47.5 Å². The van der Waals surface area contributed by atoms with Crippen molar-refractivity contribution < 1.29 is 0 Å². The molecule has 0 bridgehead atoms. The van der Waals surface area contributed by atoms with E-state index in [-0.39, 0.29) is 0 Å². The van der Waals surface area contributed by atoms with Crippen LogP contribution in [-0.4, -0.2) is 12.1 Å². The highest BCUT2D eigenvalue weighted by atomic mass is 14.7. The fourth-order valence-corrected chi connectivity index (χ4v) is 5.22. The summed E-state index contributed by atoms with van der Waals surface area (Å²) in [5, 5.41) is 0. The molecule has 0 spiro atoms. The van der Waals surface area contributed by atoms with Crippen LogP contribution in [0.25, 0.3) is 0 Å². The molecule has 5 unspecified atom stereocenters. The summed E-state index contributed by atoms with van der Waals surface area (Å²) in [4.78, 5) is 0. The van der Waals surface area contributed by atoms with Crippen molar-refractivity contribution in [3.63, 3.8) is 0 Å². The van der Waals surface area contributed by atoms with Crippen molar-refractivity contribution in [2.24, 2.45) is 40.1 Å². The lowest BCUT2D eigenvalue weighted by Gasteiger charge is -2.50. The van der Waals surface area contributed by atoms with Gasteiger partial charge < -0.3 is 11.5 Å². The molecule has 2 aliphatic carbocycles. The Balaban J connectivity index is 2.14. The van der Waals surface area contributed by atoms with E-state index in [4.69, 9.17) is 11.5 Å². The molecular weight excluding hydrogens is 256 g/mol. The van der Waals surface area contributed by atoms with E-state index < -0.39 is 0 Å². The van der Waals surface area contributed by atoms with Gasteiger partial charge in [-0.2, -0.15) is 0 Å². The van der Waals surface area contributed by atoms with Crippen LogP contribution in [0.15, 0.2) is 0 Å². The zero-order chi connectivity index (χ0) is 15.8. The fraction of sp³-hybridized carbons (Fsp3) is 1.00. The first-order valence-corrected chi connectivity index (χ1v) is 9.12. The van der Waals surface area contributed by atoms with Crippen molar-refractivity contribution >= 4 is 0 Å². The summed E-state index contributed by atoms with van der Waals surface area (Å²) in [7, 11) is 0. The van der Waals surface area contributed by atoms with E-state index >= 15 is 0 Å². The highest BCUT2D eigenvalue weighted by Crippen LogP contribution is 2.50. The van der Waals surface area contributed by atoms with Crippen LogP contribution in [0.5, 0.6) is 0 Å². The highest BCUT2D eigenvalue weighted by Gasteiger charge is 2.44. The lowest BCUT2D eigenvalue weighted by atomic mass is 9.57. The van der Waals surface area contributed by atoms with Gasteiger partial charge in [0.25, 0.3) is 0 Å². The number of nitrogens with two attached hydrogens (primary N) is 2. The molecule has 0 aromatic heterocycles. The zero-order valence-corrected chi connectivity index (χ0v) is 15.0. The normalized spacial score (nSPS) is 39.0. The third-order valence-electron chi connectivity index (χ3n) is 6.49. The van der Waals surface area contributed by atoms with Gasteiger partial charge in [-0.3, -0.25) is 0 Å². The van der Waals surface area contributed by atoms with Crippen LogP contribution < -0.4 is 11.5 Å². The number of hydrogen-bond acceptors (Lipinski definition) is 2. The first-order valence-electron chi connectivity index (χ1n) is 9.12. The van der Waals surface area contributed by atoms with Crippen LogP contribution in [0.2, 0.25) is 0 Å². The Bertz CT molecular complexity index is 342. The van der Waals surface area contributed by atoms with Crippen LogP contribution in [0.4, 0.5) is 0 Å². The Kier molecular flexibility index (Phi) is 5.10. The second kappa shape index (κ2) is 6.20. The number of rotatable bonds is 2. The first-order chi connectivity index (χ1) is 9.61. The molecule has 0 saturated heterocycles. The van der Waals surface area contributed by atoms with Gasteiger partial charge in [-0.15, -0.1) is 0 Å². The molecule has 0 radical (unpaired) electrons. The molecule has 2 heteroatoms. The molecule has 2 saturated carbocycles. The topological polar surface area (TPSA) is 52.0 Å². The summed E-state index contributed by atoms with van der Waals surface area (Å²) in [6.45, 7) is 12.0. The van der Waals surface area contributed by atoms with Crippen molar-refractivity contribution in [3.05, 3.63) is 0 Å². The smallest absolute Gasteiger partial charge is 0.00930 e. The van der Waals surface area contributed by atoms with Crippen LogP contribution in [0.3, 0.4) is 0 Å². The van der Waals surface area contributed by atoms with E-state index in [1.165, 1.54) is 44.9 Å². The summed E-state index contributed by atoms with van der Waals surface area (Å²) in [6, 6.07) is 0.792. The zero-order valence-electron chi connectivity index (χ0n) is 15.0. The Hall–Kier alpha value is -0.0800. The maximum atomic E-state index is 6.52. The molecule has 0 amide bonds. The van der Waals surface area contributed by atoms with Crippen LogP contribution in [0, 0.1) is 28.6 Å². The maximum absolute atomic E-state index is 6.52. The van der Waals surface area contributed by atoms with Gasteiger partial charge in [-0.05, 0) is 60.7 Å². The van der Waals surface area contributed by atoms with Crippen molar-refractivity contribution in [1.82, 2.24) is 0 Å². The fourth-order valence-electron chi connectivity index (χ4n) is 5.22. The standard InChI is InChI=1S/C19H38N2/c1-18(2,3)17(13-7-6-8-15(20)11-13)14-9-10-19(4,5)16(21)12-14/h13-17H,6-12,20-21H2,1-5H3. The van der Waals surface area contributed by atoms with Gasteiger partial charge in [0.2, 0.25) is 0 Å². The average molecular weight is 295 g/mol.